The third-order valence-corrected chi connectivity index (χ3v) is 3.88. The van der Waals surface area contributed by atoms with Crippen LogP contribution in [0.25, 0.3) is 0 Å². The summed E-state index contributed by atoms with van der Waals surface area (Å²) in [5, 5.41) is 3.49. The Balaban J connectivity index is 1.47. The van der Waals surface area contributed by atoms with Crippen LogP contribution >= 0.6 is 0 Å². The van der Waals surface area contributed by atoms with Gasteiger partial charge < -0.3 is 10.3 Å². The molecule has 1 aromatic carbocycles. The molecule has 106 valence electrons. The first-order chi connectivity index (χ1) is 9.79. The number of piperidine rings is 1. The lowest BCUT2D eigenvalue weighted by atomic mass is 10.0. The largest absolute Gasteiger partial charge is 0.353 e. The van der Waals surface area contributed by atoms with Gasteiger partial charge in [0.25, 0.3) is 0 Å². The van der Waals surface area contributed by atoms with Gasteiger partial charge in [-0.05, 0) is 25.3 Å². The molecule has 2 aromatic rings. The second kappa shape index (κ2) is 6.09. The lowest BCUT2D eigenvalue weighted by molar-refractivity contribution is 0.211. The molecule has 2 N–H and O–H groups in total. The van der Waals surface area contributed by atoms with E-state index < -0.39 is 0 Å². The fourth-order valence-electron chi connectivity index (χ4n) is 2.76. The summed E-state index contributed by atoms with van der Waals surface area (Å²) in [5.41, 5.74) is 2.51. The van der Waals surface area contributed by atoms with Gasteiger partial charge >= 0.3 is 0 Å². The topological polar surface area (TPSA) is 44.0 Å². The first-order valence-electron chi connectivity index (χ1n) is 7.34. The molecule has 3 rings (SSSR count). The number of aromatic amines is 1. The van der Waals surface area contributed by atoms with Gasteiger partial charge in [-0.1, -0.05) is 30.3 Å². The molecule has 0 spiro atoms. The minimum absolute atomic E-state index is 0.535. The number of hydrogen-bond donors (Lipinski definition) is 2. The van der Waals surface area contributed by atoms with Crippen molar-refractivity contribution < 1.29 is 0 Å². The number of hydrogen-bond acceptors (Lipinski definition) is 3. The van der Waals surface area contributed by atoms with Gasteiger partial charge in [-0.2, -0.15) is 0 Å². The minimum Gasteiger partial charge on any atom is -0.353 e. The SMILES string of the molecule is Cc1cnc(NC2CCN(Cc3ccccc3)CC2)[nH]1. The molecule has 1 aliphatic rings. The molecule has 0 aliphatic carbocycles. The van der Waals surface area contributed by atoms with Crippen LogP contribution in [0.3, 0.4) is 0 Å². The van der Waals surface area contributed by atoms with Crippen LogP contribution in [0, 0.1) is 6.92 Å². The van der Waals surface area contributed by atoms with Crippen molar-refractivity contribution >= 4 is 5.95 Å². The first-order valence-corrected chi connectivity index (χ1v) is 7.34. The third-order valence-electron chi connectivity index (χ3n) is 3.88. The Bertz CT molecular complexity index is 526. The highest BCUT2D eigenvalue weighted by Gasteiger charge is 2.19. The normalized spacial score (nSPS) is 17.2. The number of aryl methyl sites for hydroxylation is 1. The molecular formula is C16H22N4. The Morgan fingerprint density at radius 1 is 1.25 bits per heavy atom. The maximum absolute atomic E-state index is 4.32. The van der Waals surface area contributed by atoms with E-state index in [2.05, 4.69) is 50.5 Å². The van der Waals surface area contributed by atoms with Gasteiger partial charge in [-0.25, -0.2) is 4.98 Å². The summed E-state index contributed by atoms with van der Waals surface area (Å²) >= 11 is 0. The first kappa shape index (κ1) is 13.2. The van der Waals surface area contributed by atoms with Crippen LogP contribution in [-0.2, 0) is 6.54 Å². The van der Waals surface area contributed by atoms with E-state index >= 15 is 0 Å². The summed E-state index contributed by atoms with van der Waals surface area (Å²) in [6, 6.07) is 11.2. The van der Waals surface area contributed by atoms with Gasteiger partial charge in [0, 0.05) is 37.6 Å². The lowest BCUT2D eigenvalue weighted by Crippen LogP contribution is -2.38. The van der Waals surface area contributed by atoms with Gasteiger partial charge in [-0.3, -0.25) is 4.90 Å². The lowest BCUT2D eigenvalue weighted by Gasteiger charge is -2.32. The van der Waals surface area contributed by atoms with E-state index in [0.717, 1.165) is 31.3 Å². The Kier molecular flexibility index (Phi) is 4.02. The molecule has 0 radical (unpaired) electrons. The summed E-state index contributed by atoms with van der Waals surface area (Å²) in [7, 11) is 0. The number of H-pyrrole nitrogens is 1. The molecule has 0 amide bonds. The Morgan fingerprint density at radius 2 is 2.00 bits per heavy atom. The van der Waals surface area contributed by atoms with E-state index in [9.17, 15) is 0 Å². The molecule has 20 heavy (non-hydrogen) atoms. The molecule has 0 bridgehead atoms. The van der Waals surface area contributed by atoms with Crippen molar-refractivity contribution in [2.75, 3.05) is 18.4 Å². The van der Waals surface area contributed by atoms with Gasteiger partial charge in [0.1, 0.15) is 0 Å². The van der Waals surface area contributed by atoms with E-state index in [0.29, 0.717) is 6.04 Å². The van der Waals surface area contributed by atoms with Crippen molar-refractivity contribution in [3.8, 4) is 0 Å². The molecule has 4 nitrogen and oxygen atoms in total. The number of imidazole rings is 1. The van der Waals surface area contributed by atoms with Gasteiger partial charge in [0.15, 0.2) is 0 Å². The Labute approximate surface area is 120 Å². The predicted molar refractivity (Wildman–Crippen MR) is 81.7 cm³/mol. The van der Waals surface area contributed by atoms with Crippen molar-refractivity contribution in [1.82, 2.24) is 14.9 Å². The third kappa shape index (κ3) is 3.39. The molecule has 0 unspecified atom stereocenters. The van der Waals surface area contributed by atoms with Crippen LogP contribution in [-0.4, -0.2) is 34.0 Å². The average molecular weight is 270 g/mol. The van der Waals surface area contributed by atoms with E-state index in [-0.39, 0.29) is 0 Å². The van der Waals surface area contributed by atoms with Crippen LogP contribution in [0.5, 0.6) is 0 Å². The highest BCUT2D eigenvalue weighted by molar-refractivity contribution is 5.27. The quantitative estimate of drug-likeness (QED) is 0.898. The number of benzene rings is 1. The van der Waals surface area contributed by atoms with E-state index in [1.54, 1.807) is 0 Å². The second-order valence-electron chi connectivity index (χ2n) is 5.60. The number of anilines is 1. The Morgan fingerprint density at radius 3 is 2.65 bits per heavy atom. The van der Waals surface area contributed by atoms with E-state index in [4.69, 9.17) is 0 Å². The maximum Gasteiger partial charge on any atom is 0.200 e. The van der Waals surface area contributed by atoms with Crippen LogP contribution < -0.4 is 5.32 Å². The zero-order chi connectivity index (χ0) is 13.8. The molecule has 1 aromatic heterocycles. The summed E-state index contributed by atoms with van der Waals surface area (Å²) in [6.45, 7) is 5.38. The molecule has 4 heteroatoms. The van der Waals surface area contributed by atoms with E-state index in [1.165, 1.54) is 18.4 Å². The minimum atomic E-state index is 0.535. The van der Waals surface area contributed by atoms with Crippen LogP contribution in [0.2, 0.25) is 0 Å². The van der Waals surface area contributed by atoms with Gasteiger partial charge in [0.2, 0.25) is 5.95 Å². The fourth-order valence-corrected chi connectivity index (χ4v) is 2.76. The average Bonchev–Trinajstić information content (AvgIpc) is 2.88. The van der Waals surface area contributed by atoms with Crippen molar-refractivity contribution in [3.05, 3.63) is 47.8 Å². The molecule has 2 heterocycles. The van der Waals surface area contributed by atoms with Crippen LogP contribution in [0.1, 0.15) is 24.1 Å². The number of nitrogens with one attached hydrogen (secondary N) is 2. The number of likely N-dealkylation sites (tertiary alicyclic amines) is 1. The molecule has 0 saturated carbocycles. The zero-order valence-corrected chi connectivity index (χ0v) is 12.0. The predicted octanol–water partition coefficient (Wildman–Crippen LogP) is 2.79. The highest BCUT2D eigenvalue weighted by Crippen LogP contribution is 2.16. The number of rotatable bonds is 4. The molecule has 0 atom stereocenters. The highest BCUT2D eigenvalue weighted by atomic mass is 15.2. The monoisotopic (exact) mass is 270 g/mol. The van der Waals surface area contributed by atoms with Crippen molar-refractivity contribution in [1.29, 1.82) is 0 Å². The van der Waals surface area contributed by atoms with Gasteiger partial charge in [-0.15, -0.1) is 0 Å². The summed E-state index contributed by atoms with van der Waals surface area (Å²) in [5.74, 6) is 0.906. The summed E-state index contributed by atoms with van der Waals surface area (Å²) in [6.07, 6.45) is 4.21. The zero-order valence-electron chi connectivity index (χ0n) is 12.0. The summed E-state index contributed by atoms with van der Waals surface area (Å²) in [4.78, 5) is 10.1. The van der Waals surface area contributed by atoms with E-state index in [1.807, 2.05) is 13.1 Å². The van der Waals surface area contributed by atoms with Crippen molar-refractivity contribution in [2.24, 2.45) is 0 Å². The summed E-state index contributed by atoms with van der Waals surface area (Å²) < 4.78 is 0. The van der Waals surface area contributed by atoms with Crippen LogP contribution in [0.4, 0.5) is 5.95 Å². The van der Waals surface area contributed by atoms with Crippen molar-refractivity contribution in [3.63, 3.8) is 0 Å². The maximum atomic E-state index is 4.32. The smallest absolute Gasteiger partial charge is 0.200 e. The van der Waals surface area contributed by atoms with Crippen molar-refractivity contribution in [2.45, 2.75) is 32.4 Å². The van der Waals surface area contributed by atoms with Gasteiger partial charge in [0.05, 0.1) is 0 Å². The molecule has 1 fully saturated rings. The molecule has 1 aliphatic heterocycles. The number of aromatic nitrogens is 2. The molecular weight excluding hydrogens is 248 g/mol. The number of nitrogens with zero attached hydrogens (tertiary/aromatic N) is 2. The Hall–Kier alpha value is -1.81. The standard InChI is InChI=1S/C16H22N4/c1-13-11-17-16(18-13)19-15-7-9-20(10-8-15)12-14-5-3-2-4-6-14/h2-6,11,15H,7-10,12H2,1H3,(H2,17,18,19). The van der Waals surface area contributed by atoms with Crippen LogP contribution in [0.15, 0.2) is 36.5 Å². The fraction of sp³-hybridized carbons (Fsp3) is 0.438. The second-order valence-corrected chi connectivity index (χ2v) is 5.60. The molecule has 1 saturated heterocycles.